The maximum Gasteiger partial charge on any atom is 0.315 e. The number of urea groups is 1. The third kappa shape index (κ3) is 7.03. The molecule has 214 valence electrons. The molecule has 0 aliphatic heterocycles. The zero-order chi connectivity index (χ0) is 27.7. The molecule has 2 N–H and O–H groups in total. The lowest BCUT2D eigenvalue weighted by molar-refractivity contribution is 0.121. The summed E-state index contributed by atoms with van der Waals surface area (Å²) in [5, 5.41) is 7.02. The highest BCUT2D eigenvalue weighted by Crippen LogP contribution is 2.34. The third-order valence-electron chi connectivity index (χ3n) is 7.61. The highest BCUT2D eigenvalue weighted by molar-refractivity contribution is 5.84. The van der Waals surface area contributed by atoms with Crippen molar-refractivity contribution in [3.8, 4) is 0 Å². The molecule has 5 rings (SSSR count). The number of halogens is 1. The largest absolute Gasteiger partial charge is 0.382 e. The topological polar surface area (TPSA) is 103 Å². The minimum atomic E-state index is -0.364. The molecule has 3 aromatic rings. The Morgan fingerprint density at radius 3 is 2.88 bits per heavy atom. The minimum absolute atomic E-state index is 0.0854. The zero-order valence-electron chi connectivity index (χ0n) is 23.2. The molecule has 3 aromatic heterocycles. The van der Waals surface area contributed by atoms with Gasteiger partial charge in [0.2, 0.25) is 0 Å². The summed E-state index contributed by atoms with van der Waals surface area (Å²) in [6.45, 7) is 5.28. The number of fused-ring (bicyclic) bond motifs is 2. The first-order chi connectivity index (χ1) is 19.6. The zero-order valence-corrected chi connectivity index (χ0v) is 23.2. The van der Waals surface area contributed by atoms with Crippen LogP contribution in [0.1, 0.15) is 75.0 Å². The monoisotopic (exact) mass is 550 g/mol. The molecule has 40 heavy (non-hydrogen) atoms. The lowest BCUT2D eigenvalue weighted by Gasteiger charge is -2.31. The number of allylic oxidation sites excluding steroid dienone is 1. The Labute approximate surface area is 234 Å². The van der Waals surface area contributed by atoms with Crippen LogP contribution >= 0.6 is 0 Å². The van der Waals surface area contributed by atoms with Crippen LogP contribution in [0.2, 0.25) is 0 Å². The summed E-state index contributed by atoms with van der Waals surface area (Å²) in [7, 11) is 0. The number of hydrogen-bond acceptors (Lipinski definition) is 6. The number of pyridine rings is 1. The van der Waals surface area contributed by atoms with E-state index in [1.807, 2.05) is 25.3 Å². The van der Waals surface area contributed by atoms with Gasteiger partial charge in [-0.15, -0.1) is 0 Å². The number of amides is 2. The fourth-order valence-corrected chi connectivity index (χ4v) is 5.60. The number of aromatic nitrogens is 4. The molecule has 10 heteroatoms. The molecule has 0 spiro atoms. The lowest BCUT2D eigenvalue weighted by Crippen LogP contribution is -2.45. The smallest absolute Gasteiger partial charge is 0.315 e. The molecule has 0 unspecified atom stereocenters. The Morgan fingerprint density at radius 2 is 2.00 bits per heavy atom. The fraction of sp³-hybridized carbons (Fsp3) is 0.533. The molecule has 1 saturated carbocycles. The normalized spacial score (nSPS) is 18.5. The summed E-state index contributed by atoms with van der Waals surface area (Å²) in [4.78, 5) is 26.2. The van der Waals surface area contributed by atoms with Crippen LogP contribution in [0.25, 0.3) is 16.6 Å². The quantitative estimate of drug-likeness (QED) is 0.292. The highest BCUT2D eigenvalue weighted by Gasteiger charge is 2.26. The predicted molar refractivity (Wildman–Crippen MR) is 151 cm³/mol. The van der Waals surface area contributed by atoms with Crippen molar-refractivity contribution in [2.75, 3.05) is 33.0 Å². The molecule has 2 aliphatic carbocycles. The van der Waals surface area contributed by atoms with Gasteiger partial charge in [-0.3, -0.25) is 4.98 Å². The van der Waals surface area contributed by atoms with Crippen molar-refractivity contribution in [1.29, 1.82) is 0 Å². The molecular weight excluding hydrogens is 511 g/mol. The average molecular weight is 551 g/mol. The van der Waals surface area contributed by atoms with Gasteiger partial charge >= 0.3 is 6.03 Å². The number of nitrogens with zero attached hydrogens (tertiary/aromatic N) is 4. The van der Waals surface area contributed by atoms with Gasteiger partial charge in [0.1, 0.15) is 11.5 Å². The van der Waals surface area contributed by atoms with Gasteiger partial charge < -0.3 is 24.7 Å². The van der Waals surface area contributed by atoms with Gasteiger partial charge in [-0.2, -0.15) is 0 Å². The Hall–Kier alpha value is -3.37. The van der Waals surface area contributed by atoms with Crippen LogP contribution in [-0.2, 0) is 15.9 Å². The van der Waals surface area contributed by atoms with Crippen molar-refractivity contribution in [3.63, 3.8) is 0 Å². The van der Waals surface area contributed by atoms with Crippen LogP contribution in [0, 0.1) is 5.82 Å². The first-order valence-electron chi connectivity index (χ1n) is 14.5. The maximum atomic E-state index is 13.9. The summed E-state index contributed by atoms with van der Waals surface area (Å²) in [5.41, 5.74) is 3.28. The number of rotatable bonds is 13. The Balaban J connectivity index is 1.12. The van der Waals surface area contributed by atoms with Crippen molar-refractivity contribution < 1.29 is 18.7 Å². The second-order valence-electron chi connectivity index (χ2n) is 10.5. The summed E-state index contributed by atoms with van der Waals surface area (Å²) >= 11 is 0. The van der Waals surface area contributed by atoms with Gasteiger partial charge in [-0.25, -0.2) is 19.2 Å². The van der Waals surface area contributed by atoms with Gasteiger partial charge in [-0.1, -0.05) is 6.08 Å². The van der Waals surface area contributed by atoms with E-state index in [1.165, 1.54) is 12.3 Å². The third-order valence-corrected chi connectivity index (χ3v) is 7.61. The van der Waals surface area contributed by atoms with E-state index in [9.17, 15) is 9.18 Å². The van der Waals surface area contributed by atoms with Crippen molar-refractivity contribution in [1.82, 2.24) is 30.2 Å². The van der Waals surface area contributed by atoms with E-state index in [4.69, 9.17) is 14.5 Å². The summed E-state index contributed by atoms with van der Waals surface area (Å²) < 4.78 is 27.1. The van der Waals surface area contributed by atoms with Gasteiger partial charge in [0.15, 0.2) is 5.82 Å². The Kier molecular flexibility index (Phi) is 9.72. The summed E-state index contributed by atoms with van der Waals surface area (Å²) in [6.07, 6.45) is 14.8. The molecule has 3 heterocycles. The van der Waals surface area contributed by atoms with Gasteiger partial charge in [0.05, 0.1) is 18.5 Å². The van der Waals surface area contributed by atoms with E-state index in [1.54, 1.807) is 0 Å². The Morgan fingerprint density at radius 1 is 1.12 bits per heavy atom. The van der Waals surface area contributed by atoms with Gasteiger partial charge in [0, 0.05) is 73.8 Å². The Bertz CT molecular complexity index is 1330. The maximum absolute atomic E-state index is 13.9. The van der Waals surface area contributed by atoms with Crippen molar-refractivity contribution in [2.45, 2.75) is 70.4 Å². The van der Waals surface area contributed by atoms with E-state index in [0.717, 1.165) is 86.0 Å². The molecule has 9 nitrogen and oxygen atoms in total. The van der Waals surface area contributed by atoms with E-state index in [-0.39, 0.29) is 23.9 Å². The van der Waals surface area contributed by atoms with Crippen LogP contribution in [0.5, 0.6) is 0 Å². The van der Waals surface area contributed by atoms with Gasteiger partial charge in [-0.05, 0) is 64.0 Å². The molecular formula is C30H39FN6O3. The number of nitrogens with one attached hydrogen (secondary N) is 2. The van der Waals surface area contributed by atoms with E-state index < -0.39 is 0 Å². The van der Waals surface area contributed by atoms with Crippen LogP contribution in [-0.4, -0.2) is 64.6 Å². The predicted octanol–water partition coefficient (Wildman–Crippen LogP) is 4.96. The van der Waals surface area contributed by atoms with Gasteiger partial charge in [0.25, 0.3) is 0 Å². The standard InChI is InChI=1S/C30H39FN6O3/c1-2-39-14-4-3-5-15-40-16-12-32-30(38)35-23-7-6-8-24(18-23)37-13-11-21-19-34-28(36-29(21)37)25-9-10-27-26(25)17-22(31)20-33-27/h9,11,13,17,19-20,23-24H,2-8,10,12,14-16,18H2,1H3,(H2,32,35,38)/t23-,24+/m1/s1. The van der Waals surface area contributed by atoms with Crippen molar-refractivity contribution in [2.24, 2.45) is 0 Å². The second-order valence-corrected chi connectivity index (χ2v) is 10.5. The number of unbranched alkanes of at least 4 members (excludes halogenated alkanes) is 2. The number of hydrogen-bond donors (Lipinski definition) is 2. The molecule has 2 atom stereocenters. The molecule has 2 amide bonds. The lowest BCUT2D eigenvalue weighted by atomic mass is 9.91. The molecule has 0 aromatic carbocycles. The van der Waals surface area contributed by atoms with Crippen LogP contribution in [0.3, 0.4) is 0 Å². The van der Waals surface area contributed by atoms with Crippen LogP contribution in [0.4, 0.5) is 9.18 Å². The first-order valence-corrected chi connectivity index (χ1v) is 14.5. The summed E-state index contributed by atoms with van der Waals surface area (Å²) in [5.74, 6) is 0.216. The first kappa shape index (κ1) is 28.2. The average Bonchev–Trinajstić information content (AvgIpc) is 3.58. The second kappa shape index (κ2) is 13.8. The van der Waals surface area contributed by atoms with E-state index >= 15 is 0 Å². The van der Waals surface area contributed by atoms with E-state index in [2.05, 4.69) is 31.4 Å². The molecule has 1 fully saturated rings. The number of carbonyl (C=O) groups excluding carboxylic acids is 1. The van der Waals surface area contributed by atoms with Crippen molar-refractivity contribution >= 4 is 22.6 Å². The van der Waals surface area contributed by atoms with Crippen LogP contribution < -0.4 is 10.6 Å². The van der Waals surface area contributed by atoms with Crippen LogP contribution in [0.15, 0.2) is 36.8 Å². The summed E-state index contributed by atoms with van der Waals surface area (Å²) in [6, 6.07) is 3.69. The fourth-order valence-electron chi connectivity index (χ4n) is 5.60. The SMILES string of the molecule is CCOCCCCCOCCNC(=O)N[C@@H]1CCC[C@H](n2ccc3cnc(C4=CCc5ncc(F)cc54)nc32)C1. The number of carbonyl (C=O) groups is 1. The highest BCUT2D eigenvalue weighted by atomic mass is 19.1. The van der Waals surface area contributed by atoms with E-state index in [0.29, 0.717) is 32.0 Å². The molecule has 0 bridgehead atoms. The molecule has 0 saturated heterocycles. The molecule has 2 aliphatic rings. The molecule has 0 radical (unpaired) electrons. The van der Waals surface area contributed by atoms with Crippen molar-refractivity contribution in [3.05, 3.63) is 59.7 Å². The number of ether oxygens (including phenoxy) is 2. The minimum Gasteiger partial charge on any atom is -0.382 e.